The third-order valence-corrected chi connectivity index (χ3v) is 4.32. The molecule has 3 rings (SSSR count). The molecule has 0 aromatic carbocycles. The SMILES string of the molecule is CNc1nc(N2CCCCC2)nc(N2CCCC2CO)n1. The highest BCUT2D eigenvalue weighted by atomic mass is 16.3. The Hall–Kier alpha value is -1.63. The molecular formula is C14H24N6O. The van der Waals surface area contributed by atoms with E-state index in [1.807, 2.05) is 7.05 Å². The molecule has 2 aliphatic rings. The number of aliphatic hydroxyl groups is 1. The number of hydrogen-bond donors (Lipinski definition) is 2. The van der Waals surface area contributed by atoms with Crippen molar-refractivity contribution in [2.45, 2.75) is 38.1 Å². The van der Waals surface area contributed by atoms with Crippen molar-refractivity contribution in [3.05, 3.63) is 0 Å². The minimum Gasteiger partial charge on any atom is -0.394 e. The van der Waals surface area contributed by atoms with Crippen molar-refractivity contribution in [1.82, 2.24) is 15.0 Å². The Labute approximate surface area is 125 Å². The Bertz CT molecular complexity index is 477. The van der Waals surface area contributed by atoms with Gasteiger partial charge in [0.05, 0.1) is 12.6 Å². The van der Waals surface area contributed by atoms with Crippen LogP contribution in [0.1, 0.15) is 32.1 Å². The van der Waals surface area contributed by atoms with E-state index in [2.05, 4.69) is 30.1 Å². The van der Waals surface area contributed by atoms with Gasteiger partial charge in [0.1, 0.15) is 0 Å². The molecule has 116 valence electrons. The molecule has 1 aromatic rings. The van der Waals surface area contributed by atoms with Gasteiger partial charge in [0.25, 0.3) is 0 Å². The predicted molar refractivity (Wildman–Crippen MR) is 82.9 cm³/mol. The first kappa shape index (κ1) is 14.3. The average Bonchev–Trinajstić information content (AvgIpc) is 3.04. The smallest absolute Gasteiger partial charge is 0.232 e. The Morgan fingerprint density at radius 2 is 1.81 bits per heavy atom. The summed E-state index contributed by atoms with van der Waals surface area (Å²) in [6.07, 6.45) is 5.74. The van der Waals surface area contributed by atoms with Crippen molar-refractivity contribution in [3.63, 3.8) is 0 Å². The molecule has 0 spiro atoms. The van der Waals surface area contributed by atoms with Crippen LogP contribution in [0.4, 0.5) is 17.8 Å². The standard InChI is InChI=1S/C14H24N6O/c1-15-12-16-13(19-7-3-2-4-8-19)18-14(17-12)20-9-5-6-11(20)10-21/h11,21H,2-10H2,1H3,(H,15,16,17,18). The average molecular weight is 292 g/mol. The summed E-state index contributed by atoms with van der Waals surface area (Å²) < 4.78 is 0. The highest BCUT2D eigenvalue weighted by Gasteiger charge is 2.27. The maximum atomic E-state index is 9.50. The van der Waals surface area contributed by atoms with Gasteiger partial charge in [-0.3, -0.25) is 0 Å². The molecule has 1 atom stereocenters. The molecule has 21 heavy (non-hydrogen) atoms. The van der Waals surface area contributed by atoms with E-state index >= 15 is 0 Å². The topological polar surface area (TPSA) is 77.4 Å². The second kappa shape index (κ2) is 6.43. The number of piperidine rings is 1. The van der Waals surface area contributed by atoms with Gasteiger partial charge in [-0.15, -0.1) is 0 Å². The first-order valence-electron chi connectivity index (χ1n) is 7.88. The fourth-order valence-electron chi connectivity index (χ4n) is 3.12. The van der Waals surface area contributed by atoms with E-state index in [0.717, 1.165) is 38.4 Å². The summed E-state index contributed by atoms with van der Waals surface area (Å²) in [5.41, 5.74) is 0. The molecule has 7 nitrogen and oxygen atoms in total. The highest BCUT2D eigenvalue weighted by Crippen LogP contribution is 2.25. The lowest BCUT2D eigenvalue weighted by Crippen LogP contribution is -2.35. The summed E-state index contributed by atoms with van der Waals surface area (Å²) >= 11 is 0. The van der Waals surface area contributed by atoms with Gasteiger partial charge >= 0.3 is 0 Å². The monoisotopic (exact) mass is 292 g/mol. The summed E-state index contributed by atoms with van der Waals surface area (Å²) in [6.45, 7) is 3.07. The van der Waals surface area contributed by atoms with Gasteiger partial charge in [0.2, 0.25) is 17.8 Å². The van der Waals surface area contributed by atoms with Crippen LogP contribution in [0.25, 0.3) is 0 Å². The molecular weight excluding hydrogens is 268 g/mol. The van der Waals surface area contributed by atoms with Crippen LogP contribution in [0, 0.1) is 0 Å². The number of aliphatic hydroxyl groups excluding tert-OH is 1. The lowest BCUT2D eigenvalue weighted by atomic mass is 10.1. The summed E-state index contributed by atoms with van der Waals surface area (Å²) in [5, 5.41) is 12.5. The Kier molecular flexibility index (Phi) is 4.38. The molecule has 7 heteroatoms. The number of anilines is 3. The molecule has 0 radical (unpaired) electrons. The summed E-state index contributed by atoms with van der Waals surface area (Å²) in [4.78, 5) is 18.0. The van der Waals surface area contributed by atoms with Crippen LogP contribution in [-0.2, 0) is 0 Å². The van der Waals surface area contributed by atoms with E-state index in [9.17, 15) is 5.11 Å². The van der Waals surface area contributed by atoms with E-state index in [-0.39, 0.29) is 12.6 Å². The van der Waals surface area contributed by atoms with Crippen LogP contribution in [0.15, 0.2) is 0 Å². The summed E-state index contributed by atoms with van der Waals surface area (Å²) in [5.74, 6) is 2.04. The molecule has 1 aromatic heterocycles. The van der Waals surface area contributed by atoms with Crippen LogP contribution < -0.4 is 15.1 Å². The second-order valence-corrected chi connectivity index (χ2v) is 5.73. The Balaban J connectivity index is 1.89. The molecule has 0 amide bonds. The normalized spacial score (nSPS) is 22.7. The first-order chi connectivity index (χ1) is 10.3. The maximum Gasteiger partial charge on any atom is 0.232 e. The van der Waals surface area contributed by atoms with Crippen molar-refractivity contribution >= 4 is 17.8 Å². The minimum absolute atomic E-state index is 0.131. The maximum absolute atomic E-state index is 9.50. The predicted octanol–water partition coefficient (Wildman–Crippen LogP) is 0.865. The fraction of sp³-hybridized carbons (Fsp3) is 0.786. The number of nitrogens with one attached hydrogen (secondary N) is 1. The minimum atomic E-state index is 0.131. The quantitative estimate of drug-likeness (QED) is 0.852. The van der Waals surface area contributed by atoms with E-state index in [1.165, 1.54) is 19.3 Å². The molecule has 2 aliphatic heterocycles. The molecule has 0 bridgehead atoms. The van der Waals surface area contributed by atoms with Crippen molar-refractivity contribution < 1.29 is 5.11 Å². The van der Waals surface area contributed by atoms with Gasteiger partial charge < -0.3 is 20.2 Å². The lowest BCUT2D eigenvalue weighted by Gasteiger charge is -2.29. The van der Waals surface area contributed by atoms with E-state index in [0.29, 0.717) is 11.9 Å². The molecule has 0 saturated carbocycles. The molecule has 2 fully saturated rings. The zero-order chi connectivity index (χ0) is 14.7. The van der Waals surface area contributed by atoms with Crippen LogP contribution in [0.5, 0.6) is 0 Å². The lowest BCUT2D eigenvalue weighted by molar-refractivity contribution is 0.265. The Morgan fingerprint density at radius 3 is 2.52 bits per heavy atom. The number of hydrogen-bond acceptors (Lipinski definition) is 7. The Morgan fingerprint density at radius 1 is 1.05 bits per heavy atom. The third-order valence-electron chi connectivity index (χ3n) is 4.32. The van der Waals surface area contributed by atoms with Gasteiger partial charge in [0, 0.05) is 26.7 Å². The van der Waals surface area contributed by atoms with Gasteiger partial charge in [-0.25, -0.2) is 0 Å². The summed E-state index contributed by atoms with van der Waals surface area (Å²) in [6, 6.07) is 0.131. The molecule has 0 aliphatic carbocycles. The molecule has 3 heterocycles. The van der Waals surface area contributed by atoms with Crippen LogP contribution in [0.3, 0.4) is 0 Å². The van der Waals surface area contributed by atoms with Crippen LogP contribution in [-0.4, -0.2) is 59.4 Å². The van der Waals surface area contributed by atoms with Gasteiger partial charge in [-0.2, -0.15) is 15.0 Å². The fourth-order valence-corrected chi connectivity index (χ4v) is 3.12. The number of aromatic nitrogens is 3. The highest BCUT2D eigenvalue weighted by molar-refractivity contribution is 5.46. The van der Waals surface area contributed by atoms with E-state index in [4.69, 9.17) is 0 Å². The second-order valence-electron chi connectivity index (χ2n) is 5.73. The first-order valence-corrected chi connectivity index (χ1v) is 7.88. The molecule has 1 unspecified atom stereocenters. The zero-order valence-electron chi connectivity index (χ0n) is 12.6. The summed E-state index contributed by atoms with van der Waals surface area (Å²) in [7, 11) is 1.83. The third kappa shape index (κ3) is 3.02. The van der Waals surface area contributed by atoms with E-state index < -0.39 is 0 Å². The molecule has 2 N–H and O–H groups in total. The zero-order valence-corrected chi connectivity index (χ0v) is 12.6. The van der Waals surface area contributed by atoms with E-state index in [1.54, 1.807) is 0 Å². The van der Waals surface area contributed by atoms with Crippen molar-refractivity contribution in [1.29, 1.82) is 0 Å². The van der Waals surface area contributed by atoms with Gasteiger partial charge in [-0.05, 0) is 32.1 Å². The molecule has 2 saturated heterocycles. The van der Waals surface area contributed by atoms with Crippen molar-refractivity contribution in [3.8, 4) is 0 Å². The van der Waals surface area contributed by atoms with Crippen LogP contribution in [0.2, 0.25) is 0 Å². The van der Waals surface area contributed by atoms with Crippen molar-refractivity contribution in [2.24, 2.45) is 0 Å². The number of nitrogens with zero attached hydrogens (tertiary/aromatic N) is 5. The van der Waals surface area contributed by atoms with Gasteiger partial charge in [-0.1, -0.05) is 0 Å². The van der Waals surface area contributed by atoms with Gasteiger partial charge in [0.15, 0.2) is 0 Å². The van der Waals surface area contributed by atoms with Crippen molar-refractivity contribution in [2.75, 3.05) is 48.4 Å². The largest absolute Gasteiger partial charge is 0.394 e. The van der Waals surface area contributed by atoms with Crippen LogP contribution >= 0.6 is 0 Å². The number of rotatable bonds is 4.